The predicted octanol–water partition coefficient (Wildman–Crippen LogP) is 0.455. The van der Waals surface area contributed by atoms with E-state index >= 15 is 0 Å². The first-order valence-corrected chi connectivity index (χ1v) is 5.35. The minimum absolute atomic E-state index is 0.148. The highest BCUT2D eigenvalue weighted by molar-refractivity contribution is 5.77. The van der Waals surface area contributed by atoms with E-state index in [1.165, 1.54) is 6.92 Å². The summed E-state index contributed by atoms with van der Waals surface area (Å²) in [7, 11) is 0. The highest BCUT2D eigenvalue weighted by Gasteiger charge is 2.32. The summed E-state index contributed by atoms with van der Waals surface area (Å²) in [6.45, 7) is 4.55. The summed E-state index contributed by atoms with van der Waals surface area (Å²) in [6.07, 6.45) is 2.48. The summed E-state index contributed by atoms with van der Waals surface area (Å²) in [5, 5.41) is 1.67. The van der Waals surface area contributed by atoms with Gasteiger partial charge in [0.05, 0.1) is 6.61 Å². The molecule has 0 aliphatic carbocycles. The standard InChI is InChI=1S/C10H18N2O3/c1-3-7-15-10(14)9-5-4-6-12(9)11-8(2)13/h9H,3-7H2,1-2H3,(H,11,13)/t9-/m0/s1. The highest BCUT2D eigenvalue weighted by Crippen LogP contribution is 2.16. The molecule has 86 valence electrons. The van der Waals surface area contributed by atoms with Gasteiger partial charge in [0.2, 0.25) is 5.91 Å². The number of rotatable bonds is 4. The second kappa shape index (κ2) is 5.70. The molecule has 1 fully saturated rings. The summed E-state index contributed by atoms with van der Waals surface area (Å²) in [5.41, 5.74) is 2.64. The SMILES string of the molecule is CCCOC(=O)[C@@H]1CCCN1NC(C)=O. The van der Waals surface area contributed by atoms with Gasteiger partial charge in [-0.25, -0.2) is 5.01 Å². The van der Waals surface area contributed by atoms with Crippen molar-refractivity contribution < 1.29 is 14.3 Å². The fourth-order valence-electron chi connectivity index (χ4n) is 1.65. The second-order valence-corrected chi connectivity index (χ2v) is 3.69. The molecule has 1 N–H and O–H groups in total. The zero-order chi connectivity index (χ0) is 11.3. The molecule has 1 rings (SSSR count). The molecule has 5 nitrogen and oxygen atoms in total. The Morgan fingerprint density at radius 3 is 2.87 bits per heavy atom. The number of ether oxygens (including phenoxy) is 1. The molecule has 0 saturated carbocycles. The molecule has 0 aromatic heterocycles. The van der Waals surface area contributed by atoms with E-state index in [-0.39, 0.29) is 17.9 Å². The van der Waals surface area contributed by atoms with Crippen molar-refractivity contribution >= 4 is 11.9 Å². The number of nitrogens with one attached hydrogen (secondary N) is 1. The fraction of sp³-hybridized carbons (Fsp3) is 0.800. The predicted molar refractivity (Wildman–Crippen MR) is 54.8 cm³/mol. The van der Waals surface area contributed by atoms with Crippen LogP contribution in [0.15, 0.2) is 0 Å². The fourth-order valence-corrected chi connectivity index (χ4v) is 1.65. The normalized spacial score (nSPS) is 21.3. The zero-order valence-corrected chi connectivity index (χ0v) is 9.28. The van der Waals surface area contributed by atoms with Crippen molar-refractivity contribution in [2.45, 2.75) is 39.2 Å². The van der Waals surface area contributed by atoms with Crippen molar-refractivity contribution in [3.63, 3.8) is 0 Å². The summed E-state index contributed by atoms with van der Waals surface area (Å²) in [6, 6.07) is -0.305. The molecule has 0 spiro atoms. The van der Waals surface area contributed by atoms with E-state index in [1.54, 1.807) is 5.01 Å². The van der Waals surface area contributed by atoms with Gasteiger partial charge in [0.25, 0.3) is 0 Å². The van der Waals surface area contributed by atoms with Gasteiger partial charge in [0.1, 0.15) is 6.04 Å². The van der Waals surface area contributed by atoms with Gasteiger partial charge >= 0.3 is 5.97 Å². The lowest BCUT2D eigenvalue weighted by molar-refractivity contribution is -0.150. The summed E-state index contributed by atoms with van der Waals surface area (Å²) >= 11 is 0. The third-order valence-corrected chi connectivity index (χ3v) is 2.27. The molecule has 1 heterocycles. The number of amides is 1. The van der Waals surface area contributed by atoms with Crippen molar-refractivity contribution in [1.82, 2.24) is 10.4 Å². The lowest BCUT2D eigenvalue weighted by Crippen LogP contribution is -2.48. The van der Waals surface area contributed by atoms with Gasteiger partial charge in [0.15, 0.2) is 0 Å². The lowest BCUT2D eigenvalue weighted by Gasteiger charge is -2.22. The van der Waals surface area contributed by atoms with Gasteiger partial charge in [-0.2, -0.15) is 0 Å². The van der Waals surface area contributed by atoms with Crippen LogP contribution in [0, 0.1) is 0 Å². The molecule has 1 aliphatic rings. The number of carbonyl (C=O) groups is 2. The molecule has 5 heteroatoms. The van der Waals surface area contributed by atoms with Gasteiger partial charge in [-0.05, 0) is 19.3 Å². The number of esters is 1. The monoisotopic (exact) mass is 214 g/mol. The van der Waals surface area contributed by atoms with Crippen LogP contribution in [0.3, 0.4) is 0 Å². The molecule has 0 bridgehead atoms. The molecule has 1 aliphatic heterocycles. The van der Waals surface area contributed by atoms with Gasteiger partial charge in [-0.15, -0.1) is 0 Å². The highest BCUT2D eigenvalue weighted by atomic mass is 16.5. The first-order chi connectivity index (χ1) is 7.15. The number of hydrogen-bond acceptors (Lipinski definition) is 4. The second-order valence-electron chi connectivity index (χ2n) is 3.69. The van der Waals surface area contributed by atoms with Gasteiger partial charge in [-0.3, -0.25) is 15.0 Å². The zero-order valence-electron chi connectivity index (χ0n) is 9.28. The van der Waals surface area contributed by atoms with Crippen LogP contribution in [0.1, 0.15) is 33.1 Å². The van der Waals surface area contributed by atoms with Crippen molar-refractivity contribution in [3.05, 3.63) is 0 Å². The van der Waals surface area contributed by atoms with E-state index in [9.17, 15) is 9.59 Å². The third-order valence-electron chi connectivity index (χ3n) is 2.27. The first-order valence-electron chi connectivity index (χ1n) is 5.35. The van der Waals surface area contributed by atoms with E-state index in [1.807, 2.05) is 6.92 Å². The van der Waals surface area contributed by atoms with Crippen LogP contribution in [0.5, 0.6) is 0 Å². The van der Waals surface area contributed by atoms with Gasteiger partial charge in [0, 0.05) is 13.5 Å². The van der Waals surface area contributed by atoms with Gasteiger partial charge in [-0.1, -0.05) is 6.92 Å². The smallest absolute Gasteiger partial charge is 0.325 e. The molecular weight excluding hydrogens is 196 g/mol. The third kappa shape index (κ3) is 3.51. The molecule has 1 amide bonds. The number of nitrogens with zero attached hydrogens (tertiary/aromatic N) is 1. The van der Waals surface area contributed by atoms with Crippen LogP contribution in [0.25, 0.3) is 0 Å². The minimum atomic E-state index is -0.305. The number of carbonyl (C=O) groups excluding carboxylic acids is 2. The van der Waals surface area contributed by atoms with Crippen LogP contribution in [0.4, 0.5) is 0 Å². The van der Waals surface area contributed by atoms with Crippen LogP contribution in [0.2, 0.25) is 0 Å². The summed E-state index contributed by atoms with van der Waals surface area (Å²) in [4.78, 5) is 22.5. The maximum absolute atomic E-state index is 11.6. The average molecular weight is 214 g/mol. The molecule has 0 unspecified atom stereocenters. The summed E-state index contributed by atoms with van der Waals surface area (Å²) < 4.78 is 5.06. The molecule has 15 heavy (non-hydrogen) atoms. The Balaban J connectivity index is 2.44. The largest absolute Gasteiger partial charge is 0.464 e. The molecule has 1 saturated heterocycles. The number of hydrogen-bond donors (Lipinski definition) is 1. The molecule has 0 aromatic carbocycles. The Labute approximate surface area is 89.7 Å². The van der Waals surface area contributed by atoms with Crippen LogP contribution < -0.4 is 5.43 Å². The quantitative estimate of drug-likeness (QED) is 0.690. The van der Waals surface area contributed by atoms with E-state index in [2.05, 4.69) is 5.43 Å². The maximum atomic E-state index is 11.6. The van der Waals surface area contributed by atoms with E-state index < -0.39 is 0 Å². The average Bonchev–Trinajstić information content (AvgIpc) is 2.61. The molecular formula is C10H18N2O3. The summed E-state index contributed by atoms with van der Waals surface area (Å²) in [5.74, 6) is -0.381. The number of hydrazine groups is 1. The van der Waals surface area contributed by atoms with Gasteiger partial charge < -0.3 is 4.74 Å². The Bertz CT molecular complexity index is 243. The molecule has 0 aromatic rings. The topological polar surface area (TPSA) is 58.6 Å². The Hall–Kier alpha value is -1.10. The maximum Gasteiger partial charge on any atom is 0.325 e. The van der Waals surface area contributed by atoms with Crippen molar-refractivity contribution in [2.24, 2.45) is 0 Å². The van der Waals surface area contributed by atoms with E-state index in [0.29, 0.717) is 13.2 Å². The van der Waals surface area contributed by atoms with Crippen molar-refractivity contribution in [2.75, 3.05) is 13.2 Å². The lowest BCUT2D eigenvalue weighted by atomic mass is 10.2. The Morgan fingerprint density at radius 2 is 2.27 bits per heavy atom. The minimum Gasteiger partial charge on any atom is -0.464 e. The molecule has 1 atom stereocenters. The van der Waals surface area contributed by atoms with Crippen LogP contribution >= 0.6 is 0 Å². The van der Waals surface area contributed by atoms with E-state index in [0.717, 1.165) is 19.3 Å². The Kier molecular flexibility index (Phi) is 4.55. The first kappa shape index (κ1) is 12.0. The van der Waals surface area contributed by atoms with Crippen LogP contribution in [-0.2, 0) is 14.3 Å². The van der Waals surface area contributed by atoms with Crippen molar-refractivity contribution in [3.8, 4) is 0 Å². The molecule has 0 radical (unpaired) electrons. The van der Waals surface area contributed by atoms with E-state index in [4.69, 9.17) is 4.74 Å². The van der Waals surface area contributed by atoms with Crippen molar-refractivity contribution in [1.29, 1.82) is 0 Å². The van der Waals surface area contributed by atoms with Crippen LogP contribution in [-0.4, -0.2) is 36.1 Å². The Morgan fingerprint density at radius 1 is 1.53 bits per heavy atom.